The zero-order valence-electron chi connectivity index (χ0n) is 10.7. The maximum Gasteiger partial charge on any atom is 0.101 e. The highest BCUT2D eigenvalue weighted by molar-refractivity contribution is 7.99. The van der Waals surface area contributed by atoms with Gasteiger partial charge in [0.05, 0.1) is 0 Å². The van der Waals surface area contributed by atoms with Gasteiger partial charge >= 0.3 is 0 Å². The van der Waals surface area contributed by atoms with Crippen LogP contribution in [0.2, 0.25) is 0 Å². The van der Waals surface area contributed by atoms with Gasteiger partial charge in [0, 0.05) is 23.1 Å². The first-order valence-corrected chi connectivity index (χ1v) is 7.42. The van der Waals surface area contributed by atoms with E-state index in [0.717, 1.165) is 16.2 Å². The molecular formula is C14H22N2S. The second-order valence-electron chi connectivity index (χ2n) is 5.20. The molecule has 0 radical (unpaired) electrons. The molecule has 17 heavy (non-hydrogen) atoms. The molecule has 2 nitrogen and oxygen atoms in total. The van der Waals surface area contributed by atoms with Crippen molar-refractivity contribution in [3.8, 4) is 0 Å². The van der Waals surface area contributed by atoms with Gasteiger partial charge in [-0.25, -0.2) is 4.98 Å². The van der Waals surface area contributed by atoms with Gasteiger partial charge < -0.3 is 5.73 Å². The van der Waals surface area contributed by atoms with Crippen LogP contribution in [0.5, 0.6) is 0 Å². The van der Waals surface area contributed by atoms with Crippen molar-refractivity contribution < 1.29 is 0 Å². The van der Waals surface area contributed by atoms with Crippen molar-refractivity contribution in [3.05, 3.63) is 23.9 Å². The second-order valence-corrected chi connectivity index (χ2v) is 6.49. The van der Waals surface area contributed by atoms with E-state index >= 15 is 0 Å². The molecule has 3 heteroatoms. The molecule has 1 aliphatic carbocycles. The van der Waals surface area contributed by atoms with Crippen LogP contribution in [0.25, 0.3) is 0 Å². The smallest absolute Gasteiger partial charge is 0.101 e. The van der Waals surface area contributed by atoms with Gasteiger partial charge in [-0.05, 0) is 31.7 Å². The van der Waals surface area contributed by atoms with Crippen LogP contribution in [0.15, 0.2) is 23.4 Å². The first-order valence-electron chi connectivity index (χ1n) is 6.54. The highest BCUT2D eigenvalue weighted by Gasteiger charge is 2.21. The molecule has 3 unspecified atom stereocenters. The molecule has 0 bridgehead atoms. The van der Waals surface area contributed by atoms with Crippen LogP contribution in [0, 0.1) is 5.92 Å². The largest absolute Gasteiger partial charge is 0.324 e. The fraction of sp³-hybridized carbons (Fsp3) is 0.643. The van der Waals surface area contributed by atoms with Gasteiger partial charge in [0.15, 0.2) is 0 Å². The Morgan fingerprint density at radius 2 is 2.29 bits per heavy atom. The second kappa shape index (κ2) is 5.87. The molecular weight excluding hydrogens is 228 g/mol. The minimum atomic E-state index is 0.0761. The van der Waals surface area contributed by atoms with Crippen molar-refractivity contribution in [2.45, 2.75) is 55.8 Å². The molecule has 2 rings (SSSR count). The van der Waals surface area contributed by atoms with Crippen LogP contribution >= 0.6 is 11.8 Å². The Balaban J connectivity index is 2.07. The molecule has 1 saturated carbocycles. The maximum atomic E-state index is 5.99. The maximum absolute atomic E-state index is 5.99. The van der Waals surface area contributed by atoms with Crippen molar-refractivity contribution in [1.29, 1.82) is 0 Å². The van der Waals surface area contributed by atoms with Gasteiger partial charge in [0.25, 0.3) is 0 Å². The summed E-state index contributed by atoms with van der Waals surface area (Å²) in [6, 6.07) is 4.16. The van der Waals surface area contributed by atoms with E-state index in [4.69, 9.17) is 5.73 Å². The van der Waals surface area contributed by atoms with Crippen LogP contribution in [0.1, 0.15) is 51.1 Å². The summed E-state index contributed by atoms with van der Waals surface area (Å²) in [5, 5.41) is 1.87. The molecule has 0 aliphatic heterocycles. The van der Waals surface area contributed by atoms with E-state index < -0.39 is 0 Å². The van der Waals surface area contributed by atoms with Crippen LogP contribution in [-0.4, -0.2) is 10.2 Å². The first kappa shape index (κ1) is 12.9. The molecule has 2 N–H and O–H groups in total. The van der Waals surface area contributed by atoms with E-state index in [1.165, 1.54) is 31.2 Å². The Morgan fingerprint density at radius 3 is 3.00 bits per heavy atom. The van der Waals surface area contributed by atoms with Gasteiger partial charge in [-0.1, -0.05) is 25.8 Å². The average molecular weight is 250 g/mol. The number of hydrogen-bond donors (Lipinski definition) is 1. The van der Waals surface area contributed by atoms with Gasteiger partial charge in [0.1, 0.15) is 5.03 Å². The monoisotopic (exact) mass is 250 g/mol. The Morgan fingerprint density at radius 1 is 1.47 bits per heavy atom. The molecule has 1 aliphatic rings. The Labute approximate surface area is 108 Å². The average Bonchev–Trinajstić information content (AvgIpc) is 2.29. The molecule has 0 spiro atoms. The van der Waals surface area contributed by atoms with Gasteiger partial charge in [0.2, 0.25) is 0 Å². The van der Waals surface area contributed by atoms with Crippen molar-refractivity contribution in [2.24, 2.45) is 11.7 Å². The van der Waals surface area contributed by atoms with Crippen LogP contribution in [0.4, 0.5) is 0 Å². The number of thioether (sulfide) groups is 1. The number of aromatic nitrogens is 1. The number of nitrogens with two attached hydrogens (primary N) is 1. The number of pyridine rings is 1. The molecule has 3 atom stereocenters. The van der Waals surface area contributed by atoms with Gasteiger partial charge in [-0.15, -0.1) is 11.8 Å². The van der Waals surface area contributed by atoms with Crippen molar-refractivity contribution in [3.63, 3.8) is 0 Å². The first-order chi connectivity index (χ1) is 8.16. The van der Waals surface area contributed by atoms with E-state index in [0.29, 0.717) is 0 Å². The molecule has 0 saturated heterocycles. The highest BCUT2D eigenvalue weighted by Crippen LogP contribution is 2.37. The normalized spacial score (nSPS) is 26.8. The number of nitrogens with zero attached hydrogens (tertiary/aromatic N) is 1. The summed E-state index contributed by atoms with van der Waals surface area (Å²) >= 11 is 1.93. The van der Waals surface area contributed by atoms with Gasteiger partial charge in [-0.3, -0.25) is 0 Å². The zero-order valence-corrected chi connectivity index (χ0v) is 11.5. The number of rotatable bonds is 3. The molecule has 0 aromatic carbocycles. The zero-order chi connectivity index (χ0) is 12.3. The lowest BCUT2D eigenvalue weighted by atomic mass is 9.91. The lowest BCUT2D eigenvalue weighted by Crippen LogP contribution is -2.16. The summed E-state index contributed by atoms with van der Waals surface area (Å²) in [5.41, 5.74) is 7.18. The van der Waals surface area contributed by atoms with Crippen molar-refractivity contribution in [2.75, 3.05) is 0 Å². The third-order valence-corrected chi connectivity index (χ3v) is 4.78. The molecule has 0 amide bonds. The fourth-order valence-electron chi connectivity index (χ4n) is 2.49. The van der Waals surface area contributed by atoms with Crippen LogP contribution < -0.4 is 5.73 Å². The van der Waals surface area contributed by atoms with Crippen molar-refractivity contribution in [1.82, 2.24) is 4.98 Å². The van der Waals surface area contributed by atoms with E-state index in [9.17, 15) is 0 Å². The molecule has 1 heterocycles. The number of hydrogen-bond acceptors (Lipinski definition) is 3. The summed E-state index contributed by atoms with van der Waals surface area (Å²) in [6.45, 7) is 4.39. The Hall–Kier alpha value is -0.540. The van der Waals surface area contributed by atoms with Crippen LogP contribution in [0.3, 0.4) is 0 Å². The summed E-state index contributed by atoms with van der Waals surface area (Å²) in [5.74, 6) is 0.865. The molecule has 1 aromatic heterocycles. The SMILES string of the molecule is CC1CCCC(Sc2ncccc2C(C)N)C1. The topological polar surface area (TPSA) is 38.9 Å². The molecule has 1 fully saturated rings. The van der Waals surface area contributed by atoms with E-state index in [1.807, 2.05) is 30.9 Å². The predicted molar refractivity (Wildman–Crippen MR) is 74.1 cm³/mol. The van der Waals surface area contributed by atoms with E-state index in [1.54, 1.807) is 0 Å². The minimum absolute atomic E-state index is 0.0761. The van der Waals surface area contributed by atoms with Gasteiger partial charge in [-0.2, -0.15) is 0 Å². The highest BCUT2D eigenvalue weighted by atomic mass is 32.2. The summed E-state index contributed by atoms with van der Waals surface area (Å²) in [4.78, 5) is 4.50. The summed E-state index contributed by atoms with van der Waals surface area (Å²) < 4.78 is 0. The third kappa shape index (κ3) is 3.46. The Kier molecular flexibility index (Phi) is 4.46. The molecule has 1 aromatic rings. The van der Waals surface area contributed by atoms with Crippen LogP contribution in [-0.2, 0) is 0 Å². The lowest BCUT2D eigenvalue weighted by Gasteiger charge is -2.26. The summed E-state index contributed by atoms with van der Waals surface area (Å²) in [6.07, 6.45) is 7.27. The van der Waals surface area contributed by atoms with E-state index in [2.05, 4.69) is 18.0 Å². The lowest BCUT2D eigenvalue weighted by molar-refractivity contribution is 0.394. The van der Waals surface area contributed by atoms with E-state index in [-0.39, 0.29) is 6.04 Å². The van der Waals surface area contributed by atoms with Crippen molar-refractivity contribution >= 4 is 11.8 Å². The fourth-order valence-corrected chi connectivity index (χ4v) is 4.03. The minimum Gasteiger partial charge on any atom is -0.324 e. The summed E-state index contributed by atoms with van der Waals surface area (Å²) in [7, 11) is 0. The standard InChI is InChI=1S/C14H22N2S/c1-10-5-3-6-12(9-10)17-14-13(11(2)15)7-4-8-16-14/h4,7-8,10-12H,3,5-6,9,15H2,1-2H3. The Bertz CT molecular complexity index is 365. The quantitative estimate of drug-likeness (QED) is 0.887. The third-order valence-electron chi connectivity index (χ3n) is 3.46. The predicted octanol–water partition coefficient (Wildman–Crippen LogP) is 3.77. The molecule has 94 valence electrons.